The summed E-state index contributed by atoms with van der Waals surface area (Å²) < 4.78 is 5.53. The van der Waals surface area contributed by atoms with Crippen molar-refractivity contribution in [2.24, 2.45) is 0 Å². The number of fused-ring (bicyclic) bond motifs is 1. The van der Waals surface area contributed by atoms with Crippen LogP contribution in [0.15, 0.2) is 63.8 Å². The molecule has 2 aromatic carbocycles. The van der Waals surface area contributed by atoms with Crippen LogP contribution in [0.2, 0.25) is 5.02 Å². The maximum atomic E-state index is 12.3. The maximum Gasteiger partial charge on any atom is 0.287 e. The highest BCUT2D eigenvalue weighted by Gasteiger charge is 2.15. The van der Waals surface area contributed by atoms with Gasteiger partial charge < -0.3 is 9.73 Å². The normalized spacial score (nSPS) is 12.1. The van der Waals surface area contributed by atoms with Gasteiger partial charge in [-0.05, 0) is 36.8 Å². The zero-order chi connectivity index (χ0) is 16.4. The summed E-state index contributed by atoms with van der Waals surface area (Å²) >= 11 is 5.96. The Balaban J connectivity index is 1.87. The lowest BCUT2D eigenvalue weighted by Crippen LogP contribution is -2.27. The minimum atomic E-state index is -0.444. The molecule has 1 heterocycles. The first-order valence-corrected chi connectivity index (χ1v) is 7.51. The summed E-state index contributed by atoms with van der Waals surface area (Å²) in [5, 5.41) is 3.85. The fraction of sp³-hybridized carbons (Fsp3) is 0.111. The fourth-order valence-electron chi connectivity index (χ4n) is 2.34. The molecule has 0 aliphatic carbocycles. The Morgan fingerprint density at radius 3 is 2.70 bits per heavy atom. The average molecular weight is 328 g/mol. The first kappa shape index (κ1) is 15.3. The summed E-state index contributed by atoms with van der Waals surface area (Å²) in [4.78, 5) is 24.4. The molecule has 0 fully saturated rings. The quantitative estimate of drug-likeness (QED) is 0.792. The van der Waals surface area contributed by atoms with Crippen molar-refractivity contribution in [3.63, 3.8) is 0 Å². The third-order valence-corrected chi connectivity index (χ3v) is 3.79. The number of benzene rings is 2. The van der Waals surface area contributed by atoms with E-state index in [0.29, 0.717) is 16.0 Å². The Kier molecular flexibility index (Phi) is 4.17. The van der Waals surface area contributed by atoms with E-state index in [4.69, 9.17) is 16.0 Å². The predicted molar refractivity (Wildman–Crippen MR) is 89.8 cm³/mol. The van der Waals surface area contributed by atoms with Gasteiger partial charge >= 0.3 is 0 Å². The molecule has 1 unspecified atom stereocenters. The maximum absolute atomic E-state index is 12.3. The van der Waals surface area contributed by atoms with Crippen LogP contribution in [-0.4, -0.2) is 5.91 Å². The van der Waals surface area contributed by atoms with Gasteiger partial charge in [-0.1, -0.05) is 35.9 Å². The number of nitrogens with one attached hydrogen (secondary N) is 1. The van der Waals surface area contributed by atoms with Crippen molar-refractivity contribution >= 4 is 28.5 Å². The second-order valence-electron chi connectivity index (χ2n) is 5.22. The standard InChI is InChI=1S/C18H14ClNO3/c1-11(12-5-4-6-13(19)9-12)20-18(22)17-10-15(21)14-7-2-3-8-16(14)23-17/h2-11H,1H3,(H,20,22). The second kappa shape index (κ2) is 6.26. The molecule has 5 heteroatoms. The van der Waals surface area contributed by atoms with Crippen LogP contribution in [0, 0.1) is 0 Å². The van der Waals surface area contributed by atoms with Crippen LogP contribution in [-0.2, 0) is 0 Å². The van der Waals surface area contributed by atoms with E-state index in [9.17, 15) is 9.59 Å². The molecule has 116 valence electrons. The molecular formula is C18H14ClNO3. The molecule has 1 aromatic heterocycles. The molecule has 23 heavy (non-hydrogen) atoms. The first-order valence-electron chi connectivity index (χ1n) is 7.14. The van der Waals surface area contributed by atoms with E-state index in [1.54, 1.807) is 36.4 Å². The molecule has 4 nitrogen and oxygen atoms in total. The number of rotatable bonds is 3. The molecule has 0 radical (unpaired) electrons. The molecule has 3 rings (SSSR count). The number of hydrogen-bond acceptors (Lipinski definition) is 3. The van der Waals surface area contributed by atoms with E-state index in [1.807, 2.05) is 19.1 Å². The lowest BCUT2D eigenvalue weighted by molar-refractivity contribution is 0.0912. The smallest absolute Gasteiger partial charge is 0.287 e. The van der Waals surface area contributed by atoms with Crippen LogP contribution in [0.5, 0.6) is 0 Å². The third kappa shape index (κ3) is 3.27. The third-order valence-electron chi connectivity index (χ3n) is 3.55. The molecule has 1 amide bonds. The molecule has 1 atom stereocenters. The van der Waals surface area contributed by atoms with Gasteiger partial charge in [0.2, 0.25) is 0 Å². The van der Waals surface area contributed by atoms with Gasteiger partial charge in [0.25, 0.3) is 5.91 Å². The summed E-state index contributed by atoms with van der Waals surface area (Å²) in [5.41, 5.74) is 1.02. The minimum absolute atomic E-state index is 0.0115. The largest absolute Gasteiger partial charge is 0.451 e. The predicted octanol–water partition coefficient (Wildman–Crippen LogP) is 3.94. The van der Waals surface area contributed by atoms with Gasteiger partial charge in [0.15, 0.2) is 11.2 Å². The molecule has 0 bridgehead atoms. The monoisotopic (exact) mass is 327 g/mol. The minimum Gasteiger partial charge on any atom is -0.451 e. The highest BCUT2D eigenvalue weighted by molar-refractivity contribution is 6.30. The van der Waals surface area contributed by atoms with E-state index in [2.05, 4.69) is 5.32 Å². The van der Waals surface area contributed by atoms with Crippen LogP contribution in [0.3, 0.4) is 0 Å². The van der Waals surface area contributed by atoms with Crippen molar-refractivity contribution in [2.75, 3.05) is 0 Å². The zero-order valence-electron chi connectivity index (χ0n) is 12.4. The van der Waals surface area contributed by atoms with Crippen molar-refractivity contribution < 1.29 is 9.21 Å². The Bertz CT molecular complexity index is 933. The van der Waals surface area contributed by atoms with Crippen LogP contribution >= 0.6 is 11.6 Å². The average Bonchev–Trinajstić information content (AvgIpc) is 2.54. The zero-order valence-corrected chi connectivity index (χ0v) is 13.1. The lowest BCUT2D eigenvalue weighted by Gasteiger charge is -2.14. The molecule has 1 N–H and O–H groups in total. The number of halogens is 1. The Labute approximate surface area is 137 Å². The topological polar surface area (TPSA) is 59.3 Å². The van der Waals surface area contributed by atoms with Gasteiger partial charge in [0.1, 0.15) is 5.58 Å². The Morgan fingerprint density at radius 1 is 1.13 bits per heavy atom. The summed E-state index contributed by atoms with van der Waals surface area (Å²) in [7, 11) is 0. The van der Waals surface area contributed by atoms with Crippen molar-refractivity contribution in [3.05, 3.63) is 81.2 Å². The number of para-hydroxylation sites is 1. The number of carbonyl (C=O) groups excluding carboxylic acids is 1. The van der Waals surface area contributed by atoms with Crippen LogP contribution in [0.1, 0.15) is 29.1 Å². The molecule has 3 aromatic rings. The van der Waals surface area contributed by atoms with Gasteiger partial charge in [0, 0.05) is 11.1 Å². The van der Waals surface area contributed by atoms with Crippen molar-refractivity contribution in [1.82, 2.24) is 5.32 Å². The van der Waals surface area contributed by atoms with E-state index < -0.39 is 5.91 Å². The molecular weight excluding hydrogens is 314 g/mol. The van der Waals surface area contributed by atoms with Crippen LogP contribution in [0.25, 0.3) is 11.0 Å². The summed E-state index contributed by atoms with van der Waals surface area (Å²) in [5.74, 6) is -0.456. The highest BCUT2D eigenvalue weighted by atomic mass is 35.5. The molecule has 0 aliphatic rings. The van der Waals surface area contributed by atoms with E-state index in [1.165, 1.54) is 6.07 Å². The number of hydrogen-bond donors (Lipinski definition) is 1. The van der Waals surface area contributed by atoms with Crippen molar-refractivity contribution in [1.29, 1.82) is 0 Å². The molecule has 0 saturated carbocycles. The van der Waals surface area contributed by atoms with Crippen molar-refractivity contribution in [2.45, 2.75) is 13.0 Å². The second-order valence-corrected chi connectivity index (χ2v) is 5.66. The first-order chi connectivity index (χ1) is 11.0. The molecule has 0 aliphatic heterocycles. The fourth-order valence-corrected chi connectivity index (χ4v) is 2.54. The summed E-state index contributed by atoms with van der Waals surface area (Å²) in [6.07, 6.45) is 0. The van der Waals surface area contributed by atoms with E-state index in [0.717, 1.165) is 5.56 Å². The highest BCUT2D eigenvalue weighted by Crippen LogP contribution is 2.18. The van der Waals surface area contributed by atoms with Gasteiger partial charge in [-0.15, -0.1) is 0 Å². The van der Waals surface area contributed by atoms with Gasteiger partial charge in [-0.25, -0.2) is 0 Å². The number of amides is 1. The Morgan fingerprint density at radius 2 is 1.91 bits per heavy atom. The van der Waals surface area contributed by atoms with E-state index in [-0.39, 0.29) is 17.2 Å². The van der Waals surface area contributed by atoms with Gasteiger partial charge in [-0.3, -0.25) is 9.59 Å². The van der Waals surface area contributed by atoms with Crippen LogP contribution < -0.4 is 10.7 Å². The van der Waals surface area contributed by atoms with Crippen LogP contribution in [0.4, 0.5) is 0 Å². The SMILES string of the molecule is CC(NC(=O)c1cc(=O)c2ccccc2o1)c1cccc(Cl)c1. The van der Waals surface area contributed by atoms with E-state index >= 15 is 0 Å². The van der Waals surface area contributed by atoms with Crippen molar-refractivity contribution in [3.8, 4) is 0 Å². The van der Waals surface area contributed by atoms with Gasteiger partial charge in [-0.2, -0.15) is 0 Å². The molecule has 0 spiro atoms. The number of carbonyl (C=O) groups is 1. The lowest BCUT2D eigenvalue weighted by atomic mass is 10.1. The Hall–Kier alpha value is -2.59. The molecule has 0 saturated heterocycles. The summed E-state index contributed by atoms with van der Waals surface area (Å²) in [6, 6.07) is 15.0. The van der Waals surface area contributed by atoms with Gasteiger partial charge in [0.05, 0.1) is 11.4 Å². The summed E-state index contributed by atoms with van der Waals surface area (Å²) in [6.45, 7) is 1.84.